The number of methoxy groups -OCH3 is 1. The fraction of sp³-hybridized carbons (Fsp3) is 0.190. The maximum Gasteiger partial charge on any atom is 0.278 e. The van der Waals surface area contributed by atoms with E-state index in [0.717, 1.165) is 23.7 Å². The number of hydrogen-bond donors (Lipinski definition) is 0. The van der Waals surface area contributed by atoms with Crippen molar-refractivity contribution in [1.29, 1.82) is 0 Å². The SMILES string of the molecule is C#Cc1nc(C(=O)N(c2cc(Br)cc(OC)c2)C2CCN(c3ncc(F)cn3)C2=O)cs1. The molecule has 1 aromatic carbocycles. The molecule has 8 nitrogen and oxygen atoms in total. The molecule has 1 fully saturated rings. The lowest BCUT2D eigenvalue weighted by Gasteiger charge is -2.28. The van der Waals surface area contributed by atoms with Crippen LogP contribution in [0, 0.1) is 18.2 Å². The third kappa shape index (κ3) is 4.19. The molecule has 162 valence electrons. The van der Waals surface area contributed by atoms with Crippen LogP contribution < -0.4 is 14.5 Å². The molecule has 1 aliphatic rings. The fourth-order valence-corrected chi connectivity index (χ4v) is 4.41. The molecule has 1 aliphatic heterocycles. The molecule has 0 spiro atoms. The van der Waals surface area contributed by atoms with Crippen LogP contribution in [-0.2, 0) is 4.79 Å². The average Bonchev–Trinajstić information content (AvgIpc) is 3.41. The topological polar surface area (TPSA) is 88.5 Å². The molecule has 1 atom stereocenters. The van der Waals surface area contributed by atoms with Gasteiger partial charge in [-0.3, -0.25) is 19.4 Å². The van der Waals surface area contributed by atoms with Crippen LogP contribution >= 0.6 is 27.3 Å². The van der Waals surface area contributed by atoms with Crippen molar-refractivity contribution in [1.82, 2.24) is 15.0 Å². The van der Waals surface area contributed by atoms with Crippen LogP contribution in [0.5, 0.6) is 5.75 Å². The lowest BCUT2D eigenvalue weighted by molar-refractivity contribution is -0.118. The number of halogens is 2. The number of nitrogens with zero attached hydrogens (tertiary/aromatic N) is 5. The minimum absolute atomic E-state index is 0.0707. The number of benzene rings is 1. The van der Waals surface area contributed by atoms with E-state index >= 15 is 0 Å². The minimum atomic E-state index is -0.855. The zero-order chi connectivity index (χ0) is 22.8. The molecule has 1 saturated heterocycles. The van der Waals surface area contributed by atoms with Gasteiger partial charge in [0.05, 0.1) is 19.5 Å². The van der Waals surface area contributed by atoms with Crippen molar-refractivity contribution in [2.75, 3.05) is 23.5 Å². The molecule has 0 aliphatic carbocycles. The van der Waals surface area contributed by atoms with Gasteiger partial charge in [0, 0.05) is 28.2 Å². The molecule has 2 amide bonds. The first kappa shape index (κ1) is 21.9. The van der Waals surface area contributed by atoms with Gasteiger partial charge in [0.25, 0.3) is 11.8 Å². The van der Waals surface area contributed by atoms with E-state index in [0.29, 0.717) is 27.3 Å². The molecular weight excluding hydrogens is 501 g/mol. The van der Waals surface area contributed by atoms with Gasteiger partial charge in [-0.05, 0) is 24.5 Å². The van der Waals surface area contributed by atoms with E-state index < -0.39 is 23.7 Å². The highest BCUT2D eigenvalue weighted by atomic mass is 79.9. The molecule has 4 rings (SSSR count). The molecule has 3 heterocycles. The predicted molar refractivity (Wildman–Crippen MR) is 120 cm³/mol. The number of terminal acetylenes is 1. The minimum Gasteiger partial charge on any atom is -0.497 e. The van der Waals surface area contributed by atoms with Crippen molar-refractivity contribution in [3.8, 4) is 18.1 Å². The number of aromatic nitrogens is 3. The second-order valence-electron chi connectivity index (χ2n) is 6.70. The van der Waals surface area contributed by atoms with Gasteiger partial charge < -0.3 is 4.74 Å². The Morgan fingerprint density at radius 1 is 1.38 bits per heavy atom. The van der Waals surface area contributed by atoms with Gasteiger partial charge in [-0.2, -0.15) is 0 Å². The summed E-state index contributed by atoms with van der Waals surface area (Å²) >= 11 is 4.58. The molecular formula is C21H15BrFN5O3S. The fourth-order valence-electron chi connectivity index (χ4n) is 3.35. The summed E-state index contributed by atoms with van der Waals surface area (Å²) in [4.78, 5) is 41.5. The highest BCUT2D eigenvalue weighted by molar-refractivity contribution is 9.10. The van der Waals surface area contributed by atoms with Crippen molar-refractivity contribution in [3.05, 3.63) is 57.0 Å². The van der Waals surface area contributed by atoms with Gasteiger partial charge in [0.2, 0.25) is 5.95 Å². The smallest absolute Gasteiger partial charge is 0.278 e. The summed E-state index contributed by atoms with van der Waals surface area (Å²) in [6.45, 7) is 0.261. The lowest BCUT2D eigenvalue weighted by Crippen LogP contribution is -2.46. The van der Waals surface area contributed by atoms with Crippen LogP contribution in [0.25, 0.3) is 0 Å². The second-order valence-corrected chi connectivity index (χ2v) is 8.48. The zero-order valence-corrected chi connectivity index (χ0v) is 19.1. The van der Waals surface area contributed by atoms with E-state index in [1.54, 1.807) is 23.6 Å². The summed E-state index contributed by atoms with van der Waals surface area (Å²) in [6, 6.07) is 4.24. The molecule has 0 N–H and O–H groups in total. The number of ether oxygens (including phenoxy) is 1. The van der Waals surface area contributed by atoms with Gasteiger partial charge in [-0.1, -0.05) is 15.9 Å². The summed E-state index contributed by atoms with van der Waals surface area (Å²) in [5.74, 6) is 1.49. The Morgan fingerprint density at radius 2 is 2.12 bits per heavy atom. The molecule has 0 saturated carbocycles. The maximum atomic E-state index is 13.5. The summed E-state index contributed by atoms with van der Waals surface area (Å²) in [6.07, 6.45) is 7.68. The molecule has 11 heteroatoms. The summed E-state index contributed by atoms with van der Waals surface area (Å²) in [5.41, 5.74) is 0.572. The van der Waals surface area contributed by atoms with Crippen molar-refractivity contribution < 1.29 is 18.7 Å². The number of rotatable bonds is 5. The number of thiazole rings is 1. The number of hydrogen-bond acceptors (Lipinski definition) is 7. The first-order valence-electron chi connectivity index (χ1n) is 9.30. The van der Waals surface area contributed by atoms with E-state index in [-0.39, 0.29) is 18.2 Å². The Bertz CT molecular complexity index is 1230. The normalized spacial score (nSPS) is 15.5. The first-order valence-corrected chi connectivity index (χ1v) is 11.0. The molecule has 0 bridgehead atoms. The largest absolute Gasteiger partial charge is 0.497 e. The Labute approximate surface area is 195 Å². The molecule has 32 heavy (non-hydrogen) atoms. The highest BCUT2D eigenvalue weighted by Crippen LogP contribution is 2.33. The average molecular weight is 516 g/mol. The summed E-state index contributed by atoms with van der Waals surface area (Å²) in [5, 5.41) is 1.92. The Kier molecular flexibility index (Phi) is 6.16. The van der Waals surface area contributed by atoms with Gasteiger partial charge in [0.15, 0.2) is 10.8 Å². The quantitative estimate of drug-likeness (QED) is 0.484. The van der Waals surface area contributed by atoms with E-state index in [4.69, 9.17) is 11.2 Å². The predicted octanol–water partition coefficient (Wildman–Crippen LogP) is 3.28. The number of carbonyl (C=O) groups excluding carboxylic acids is 2. The molecule has 0 radical (unpaired) electrons. The monoisotopic (exact) mass is 515 g/mol. The van der Waals surface area contributed by atoms with Crippen molar-refractivity contribution >= 4 is 50.7 Å². The zero-order valence-electron chi connectivity index (χ0n) is 16.7. The Balaban J connectivity index is 1.75. The van der Waals surface area contributed by atoms with Gasteiger partial charge >= 0.3 is 0 Å². The highest BCUT2D eigenvalue weighted by Gasteiger charge is 2.41. The standard InChI is InChI=1S/C21H15BrFN5O3S/c1-3-18-26-16(11-32-18)19(29)28(14-6-12(22)7-15(8-14)31-2)17-4-5-27(20(17)30)21-24-9-13(23)10-25-21/h1,6-11,17H,4-5H2,2H3. The van der Waals surface area contributed by atoms with Crippen molar-refractivity contribution in [3.63, 3.8) is 0 Å². The Morgan fingerprint density at radius 3 is 2.78 bits per heavy atom. The van der Waals surface area contributed by atoms with Crippen LogP contribution in [0.15, 0.2) is 40.4 Å². The Hall–Kier alpha value is -3.36. The summed E-state index contributed by atoms with van der Waals surface area (Å²) < 4.78 is 19.2. The second kappa shape index (κ2) is 9.02. The van der Waals surface area contributed by atoms with Gasteiger partial charge in [0.1, 0.15) is 17.5 Å². The van der Waals surface area contributed by atoms with Gasteiger partial charge in [-0.15, -0.1) is 17.8 Å². The third-order valence-corrected chi connectivity index (χ3v) is 6.00. The van der Waals surface area contributed by atoms with Crippen LogP contribution in [0.4, 0.5) is 16.0 Å². The van der Waals surface area contributed by atoms with E-state index in [9.17, 15) is 14.0 Å². The van der Waals surface area contributed by atoms with Crippen LogP contribution in [0.1, 0.15) is 21.9 Å². The number of anilines is 2. The van der Waals surface area contributed by atoms with Crippen LogP contribution in [0.2, 0.25) is 0 Å². The van der Waals surface area contributed by atoms with E-state index in [2.05, 4.69) is 36.8 Å². The van der Waals surface area contributed by atoms with Gasteiger partial charge in [-0.25, -0.2) is 19.3 Å². The maximum absolute atomic E-state index is 13.5. The summed E-state index contributed by atoms with van der Waals surface area (Å²) in [7, 11) is 1.51. The van der Waals surface area contributed by atoms with E-state index in [1.165, 1.54) is 16.9 Å². The molecule has 1 unspecified atom stereocenters. The van der Waals surface area contributed by atoms with Crippen LogP contribution in [-0.4, -0.2) is 46.5 Å². The van der Waals surface area contributed by atoms with Crippen molar-refractivity contribution in [2.24, 2.45) is 0 Å². The van der Waals surface area contributed by atoms with E-state index in [1.807, 2.05) is 0 Å². The number of amides is 2. The molecule has 2 aromatic heterocycles. The molecule has 3 aromatic rings. The number of carbonyl (C=O) groups is 2. The van der Waals surface area contributed by atoms with Crippen molar-refractivity contribution in [2.45, 2.75) is 12.5 Å². The lowest BCUT2D eigenvalue weighted by atomic mass is 10.1. The first-order chi connectivity index (χ1) is 15.4. The third-order valence-electron chi connectivity index (χ3n) is 4.77. The van der Waals surface area contributed by atoms with Crippen LogP contribution in [0.3, 0.4) is 0 Å².